The minimum absolute atomic E-state index is 0.134. The molecule has 1 N–H and O–H groups in total. The van der Waals surface area contributed by atoms with Crippen molar-refractivity contribution in [2.24, 2.45) is 0 Å². The molecule has 0 heterocycles. The molecule has 0 amide bonds. The molecule has 0 aromatic heterocycles. The fourth-order valence-electron chi connectivity index (χ4n) is 2.17. The van der Waals surface area contributed by atoms with Crippen molar-refractivity contribution in [2.45, 2.75) is 58.2 Å². The first-order valence-electron chi connectivity index (χ1n) is 7.78. The summed E-state index contributed by atoms with van der Waals surface area (Å²) in [7, 11) is 1.71. The summed E-state index contributed by atoms with van der Waals surface area (Å²) in [6.45, 7) is 8.85. The normalized spacial score (nSPS) is 18.1. The first kappa shape index (κ1) is 17.4. The van der Waals surface area contributed by atoms with E-state index in [0.717, 1.165) is 25.8 Å². The van der Waals surface area contributed by atoms with Crippen LogP contribution < -0.4 is 5.32 Å². The van der Waals surface area contributed by atoms with Gasteiger partial charge >= 0.3 is 5.97 Å². The smallest absolute Gasteiger partial charge is 0.324 e. The first-order valence-corrected chi connectivity index (χ1v) is 7.78. The number of esters is 1. The van der Waals surface area contributed by atoms with Crippen molar-refractivity contribution in [3.05, 3.63) is 0 Å². The highest BCUT2D eigenvalue weighted by Crippen LogP contribution is 2.20. The maximum atomic E-state index is 12.1. The molecule has 0 aliphatic heterocycles. The Morgan fingerprint density at radius 1 is 1.40 bits per heavy atom. The van der Waals surface area contributed by atoms with Crippen LogP contribution in [-0.2, 0) is 14.3 Å². The minimum Gasteiger partial charge on any atom is -0.465 e. The van der Waals surface area contributed by atoms with Gasteiger partial charge in [0.15, 0.2) is 0 Å². The van der Waals surface area contributed by atoms with Crippen molar-refractivity contribution in [1.29, 1.82) is 0 Å². The summed E-state index contributed by atoms with van der Waals surface area (Å²) in [5.41, 5.74) is 0. The zero-order chi connectivity index (χ0) is 15.0. The Morgan fingerprint density at radius 2 is 2.10 bits per heavy atom. The van der Waals surface area contributed by atoms with Crippen LogP contribution in [0.1, 0.15) is 40.0 Å². The molecule has 5 heteroatoms. The first-order chi connectivity index (χ1) is 9.62. The maximum Gasteiger partial charge on any atom is 0.324 e. The van der Waals surface area contributed by atoms with E-state index in [-0.39, 0.29) is 12.0 Å². The molecule has 1 aliphatic rings. The van der Waals surface area contributed by atoms with Gasteiger partial charge in [-0.25, -0.2) is 0 Å². The zero-order valence-corrected chi connectivity index (χ0v) is 13.4. The van der Waals surface area contributed by atoms with Crippen molar-refractivity contribution in [3.8, 4) is 0 Å². The van der Waals surface area contributed by atoms with Gasteiger partial charge in [-0.1, -0.05) is 6.92 Å². The number of hydrogen-bond donors (Lipinski definition) is 1. The predicted molar refractivity (Wildman–Crippen MR) is 79.8 cm³/mol. The molecular weight excluding hydrogens is 256 g/mol. The summed E-state index contributed by atoms with van der Waals surface area (Å²) in [6, 6.07) is 0.696. The lowest BCUT2D eigenvalue weighted by Crippen LogP contribution is -2.50. The fourth-order valence-corrected chi connectivity index (χ4v) is 2.17. The van der Waals surface area contributed by atoms with Crippen LogP contribution in [0.25, 0.3) is 0 Å². The van der Waals surface area contributed by atoms with Gasteiger partial charge in [0.25, 0.3) is 0 Å². The maximum absolute atomic E-state index is 12.1. The second-order valence-corrected chi connectivity index (χ2v) is 5.49. The average molecular weight is 286 g/mol. The Balaban J connectivity index is 2.58. The van der Waals surface area contributed by atoms with E-state index in [1.165, 1.54) is 0 Å². The Labute approximate surface area is 123 Å². The fraction of sp³-hybridized carbons (Fsp3) is 0.933. The third kappa shape index (κ3) is 6.20. The predicted octanol–water partition coefficient (Wildman–Crippen LogP) is 1.42. The van der Waals surface area contributed by atoms with Gasteiger partial charge in [-0.15, -0.1) is 0 Å². The van der Waals surface area contributed by atoms with E-state index in [4.69, 9.17) is 9.47 Å². The van der Waals surface area contributed by atoms with Crippen molar-refractivity contribution in [1.82, 2.24) is 10.2 Å². The number of nitrogens with zero attached hydrogens (tertiary/aromatic N) is 1. The van der Waals surface area contributed by atoms with Crippen molar-refractivity contribution >= 4 is 5.97 Å². The van der Waals surface area contributed by atoms with E-state index < -0.39 is 0 Å². The van der Waals surface area contributed by atoms with Crippen LogP contribution in [0.3, 0.4) is 0 Å². The quantitative estimate of drug-likeness (QED) is 0.582. The van der Waals surface area contributed by atoms with Gasteiger partial charge in [0, 0.05) is 32.3 Å². The summed E-state index contributed by atoms with van der Waals surface area (Å²) in [5.74, 6) is -0.134. The standard InChI is InChI=1S/C15H30N2O3/c1-5-12(3)17(9-10-19-4)11-14(15(18)20-6-2)16-13-7-8-13/h12-14,16H,5-11H2,1-4H3. The second kappa shape index (κ2) is 9.32. The molecule has 0 radical (unpaired) electrons. The van der Waals surface area contributed by atoms with Crippen molar-refractivity contribution in [3.63, 3.8) is 0 Å². The van der Waals surface area contributed by atoms with E-state index in [2.05, 4.69) is 24.1 Å². The molecule has 0 saturated heterocycles. The third-order valence-electron chi connectivity index (χ3n) is 3.80. The van der Waals surface area contributed by atoms with Gasteiger partial charge in [0.1, 0.15) is 6.04 Å². The summed E-state index contributed by atoms with van der Waals surface area (Å²) in [5, 5.41) is 3.40. The summed E-state index contributed by atoms with van der Waals surface area (Å²) in [4.78, 5) is 14.4. The van der Waals surface area contributed by atoms with Crippen LogP contribution in [0.2, 0.25) is 0 Å². The monoisotopic (exact) mass is 286 g/mol. The Morgan fingerprint density at radius 3 is 2.60 bits per heavy atom. The number of nitrogens with one attached hydrogen (secondary N) is 1. The molecule has 2 atom stereocenters. The molecule has 1 saturated carbocycles. The number of ether oxygens (including phenoxy) is 2. The van der Waals surface area contributed by atoms with E-state index in [9.17, 15) is 4.79 Å². The molecule has 1 rings (SSSR count). The van der Waals surface area contributed by atoms with E-state index in [1.54, 1.807) is 7.11 Å². The third-order valence-corrected chi connectivity index (χ3v) is 3.80. The topological polar surface area (TPSA) is 50.8 Å². The highest BCUT2D eigenvalue weighted by atomic mass is 16.5. The van der Waals surface area contributed by atoms with Crippen LogP contribution in [0.4, 0.5) is 0 Å². The molecule has 0 spiro atoms. The summed E-state index contributed by atoms with van der Waals surface area (Å²) >= 11 is 0. The Bertz CT molecular complexity index is 282. The Kier molecular flexibility index (Phi) is 8.11. The molecule has 0 bridgehead atoms. The number of carbonyl (C=O) groups excluding carboxylic acids is 1. The average Bonchev–Trinajstić information content (AvgIpc) is 3.25. The molecule has 118 valence electrons. The van der Waals surface area contributed by atoms with Crippen LogP contribution in [0.5, 0.6) is 0 Å². The molecule has 0 aromatic carbocycles. The Hall–Kier alpha value is -0.650. The van der Waals surface area contributed by atoms with Gasteiger partial charge in [-0.05, 0) is 33.1 Å². The van der Waals surface area contributed by atoms with Crippen LogP contribution in [-0.4, -0.2) is 62.4 Å². The van der Waals surface area contributed by atoms with Crippen LogP contribution >= 0.6 is 0 Å². The summed E-state index contributed by atoms with van der Waals surface area (Å²) < 4.78 is 10.4. The van der Waals surface area contributed by atoms with Gasteiger partial charge in [-0.3, -0.25) is 9.69 Å². The van der Waals surface area contributed by atoms with E-state index in [0.29, 0.717) is 31.8 Å². The van der Waals surface area contributed by atoms with Gasteiger partial charge in [0.05, 0.1) is 13.2 Å². The molecule has 0 aromatic rings. The van der Waals surface area contributed by atoms with Gasteiger partial charge in [0.2, 0.25) is 0 Å². The van der Waals surface area contributed by atoms with E-state index in [1.807, 2.05) is 6.92 Å². The van der Waals surface area contributed by atoms with Crippen LogP contribution in [0, 0.1) is 0 Å². The van der Waals surface area contributed by atoms with Crippen molar-refractivity contribution in [2.75, 3.05) is 33.4 Å². The molecule has 1 aliphatic carbocycles. The molecule has 5 nitrogen and oxygen atoms in total. The van der Waals surface area contributed by atoms with E-state index >= 15 is 0 Å². The lowest BCUT2D eigenvalue weighted by atomic mass is 10.1. The largest absolute Gasteiger partial charge is 0.465 e. The van der Waals surface area contributed by atoms with Gasteiger partial charge < -0.3 is 14.8 Å². The SMILES string of the molecule is CCOC(=O)C(CN(CCOC)C(C)CC)NC1CC1. The number of hydrogen-bond acceptors (Lipinski definition) is 5. The molecule has 20 heavy (non-hydrogen) atoms. The number of methoxy groups -OCH3 is 1. The number of rotatable bonds is 11. The molecule has 1 fully saturated rings. The highest BCUT2D eigenvalue weighted by Gasteiger charge is 2.31. The lowest BCUT2D eigenvalue weighted by Gasteiger charge is -2.31. The highest BCUT2D eigenvalue weighted by molar-refractivity contribution is 5.76. The number of carbonyl (C=O) groups is 1. The second-order valence-electron chi connectivity index (χ2n) is 5.49. The summed E-state index contributed by atoms with van der Waals surface area (Å²) in [6.07, 6.45) is 3.39. The zero-order valence-electron chi connectivity index (χ0n) is 13.4. The molecular formula is C15H30N2O3. The molecule has 2 unspecified atom stereocenters. The van der Waals surface area contributed by atoms with Crippen molar-refractivity contribution < 1.29 is 14.3 Å². The van der Waals surface area contributed by atoms with Gasteiger partial charge in [-0.2, -0.15) is 0 Å². The minimum atomic E-state index is -0.228. The lowest BCUT2D eigenvalue weighted by molar-refractivity contribution is -0.146. The van der Waals surface area contributed by atoms with Crippen LogP contribution in [0.15, 0.2) is 0 Å².